The molecule has 0 saturated carbocycles. The number of carboxylic acids is 3. The highest BCUT2D eigenvalue weighted by Gasteiger charge is 2.56. The predicted molar refractivity (Wildman–Crippen MR) is 145 cm³/mol. The first-order valence-corrected chi connectivity index (χ1v) is 14.4. The summed E-state index contributed by atoms with van der Waals surface area (Å²) < 4.78 is -0.392. The molecule has 0 aromatic rings. The molecule has 0 bridgehead atoms. The first kappa shape index (κ1) is 34.1. The molecule has 0 fully saturated rings. The standard InChI is InChI=1S/C29H53NO6/c1-5-9-10-11-12-13-14-15-16-17-18-19-23-30(24(20-6-2)27(31)32,25(21-7-3)28(33)34)26(22-8-4)29(35)36/h15-16,24-26H,5-14,17-23H2,1-4H3,(H2-,31,32,33,34,35,36)/p+1/b16-15+. The molecular weight excluding hydrogens is 458 g/mol. The number of rotatable bonds is 24. The molecule has 0 aliphatic carbocycles. The van der Waals surface area contributed by atoms with Gasteiger partial charge in [-0.15, -0.1) is 0 Å². The van der Waals surface area contributed by atoms with E-state index in [0.717, 1.165) is 19.3 Å². The van der Waals surface area contributed by atoms with Crippen LogP contribution in [0.15, 0.2) is 12.2 Å². The van der Waals surface area contributed by atoms with Gasteiger partial charge in [-0.2, -0.15) is 0 Å². The van der Waals surface area contributed by atoms with Crippen LogP contribution in [-0.2, 0) is 14.4 Å². The van der Waals surface area contributed by atoms with Gasteiger partial charge in [-0.05, 0) is 51.4 Å². The van der Waals surface area contributed by atoms with Crippen molar-refractivity contribution in [3.63, 3.8) is 0 Å². The van der Waals surface area contributed by atoms with Crippen LogP contribution in [0, 0.1) is 0 Å². The monoisotopic (exact) mass is 512 g/mol. The lowest BCUT2D eigenvalue weighted by molar-refractivity contribution is -0.973. The lowest BCUT2D eigenvalue weighted by Gasteiger charge is -2.50. The van der Waals surface area contributed by atoms with E-state index in [1.807, 2.05) is 20.8 Å². The molecule has 3 unspecified atom stereocenters. The van der Waals surface area contributed by atoms with E-state index in [0.29, 0.717) is 25.7 Å². The van der Waals surface area contributed by atoms with Gasteiger partial charge in [0.15, 0.2) is 18.1 Å². The maximum Gasteiger partial charge on any atom is 0.362 e. The average molecular weight is 513 g/mol. The molecule has 0 aliphatic rings. The summed E-state index contributed by atoms with van der Waals surface area (Å²) in [6, 6.07) is -3.17. The molecule has 7 heteroatoms. The number of unbranched alkanes of at least 4 members (excludes halogenated alkanes) is 8. The zero-order chi connectivity index (χ0) is 27.4. The molecule has 0 aliphatic heterocycles. The first-order valence-electron chi connectivity index (χ1n) is 14.4. The fourth-order valence-electron chi connectivity index (χ4n) is 5.57. The van der Waals surface area contributed by atoms with Crippen LogP contribution < -0.4 is 0 Å². The molecule has 0 saturated heterocycles. The van der Waals surface area contributed by atoms with Gasteiger partial charge < -0.3 is 15.3 Å². The van der Waals surface area contributed by atoms with E-state index in [1.165, 1.54) is 38.5 Å². The zero-order valence-corrected chi connectivity index (χ0v) is 23.4. The third kappa shape index (κ3) is 11.4. The summed E-state index contributed by atoms with van der Waals surface area (Å²) in [5, 5.41) is 30.6. The minimum Gasteiger partial charge on any atom is -0.477 e. The molecule has 0 heterocycles. The Morgan fingerprint density at radius 3 is 1.28 bits per heavy atom. The van der Waals surface area contributed by atoms with Gasteiger partial charge >= 0.3 is 17.9 Å². The number of allylic oxidation sites excluding steroid dienone is 2. The minimum absolute atomic E-state index is 0.246. The van der Waals surface area contributed by atoms with Crippen molar-refractivity contribution in [1.29, 1.82) is 0 Å². The molecule has 0 aromatic heterocycles. The molecule has 3 atom stereocenters. The molecule has 3 N–H and O–H groups in total. The number of quaternary nitrogens is 1. The number of aliphatic carboxylic acids is 3. The van der Waals surface area contributed by atoms with Crippen LogP contribution >= 0.6 is 0 Å². The molecular formula is C29H54NO6+. The van der Waals surface area contributed by atoms with Gasteiger partial charge in [0.1, 0.15) is 0 Å². The van der Waals surface area contributed by atoms with Crippen molar-refractivity contribution in [2.75, 3.05) is 6.54 Å². The third-order valence-corrected chi connectivity index (χ3v) is 7.34. The van der Waals surface area contributed by atoms with Gasteiger partial charge in [-0.1, -0.05) is 72.0 Å². The lowest BCUT2D eigenvalue weighted by atomic mass is 9.91. The normalized spacial score (nSPS) is 15.9. The highest BCUT2D eigenvalue weighted by molar-refractivity contribution is 5.78. The van der Waals surface area contributed by atoms with E-state index in [1.54, 1.807) is 0 Å². The number of hydrogen-bond acceptors (Lipinski definition) is 3. The number of nitrogens with zero attached hydrogens (tertiary/aromatic N) is 1. The van der Waals surface area contributed by atoms with E-state index in [9.17, 15) is 29.7 Å². The van der Waals surface area contributed by atoms with Crippen LogP contribution in [0.2, 0.25) is 0 Å². The third-order valence-electron chi connectivity index (χ3n) is 7.34. The van der Waals surface area contributed by atoms with Crippen LogP contribution in [0.1, 0.15) is 130 Å². The van der Waals surface area contributed by atoms with Gasteiger partial charge in [0.05, 0.1) is 6.54 Å². The molecule has 0 radical (unpaired) electrons. The average Bonchev–Trinajstić information content (AvgIpc) is 2.83. The summed E-state index contributed by atoms with van der Waals surface area (Å²) >= 11 is 0. The van der Waals surface area contributed by atoms with Crippen LogP contribution in [0.3, 0.4) is 0 Å². The summed E-state index contributed by atoms with van der Waals surface area (Å²) in [7, 11) is 0. The van der Waals surface area contributed by atoms with Crippen molar-refractivity contribution < 1.29 is 34.2 Å². The Morgan fingerprint density at radius 1 is 0.556 bits per heavy atom. The van der Waals surface area contributed by atoms with Crippen molar-refractivity contribution >= 4 is 17.9 Å². The number of carbonyl (C=O) groups is 3. The molecule has 7 nitrogen and oxygen atoms in total. The number of hydrogen-bond donors (Lipinski definition) is 3. The van der Waals surface area contributed by atoms with E-state index in [-0.39, 0.29) is 25.8 Å². The topological polar surface area (TPSA) is 112 Å². The first-order chi connectivity index (χ1) is 17.2. The summed E-state index contributed by atoms with van der Waals surface area (Å²) in [5.74, 6) is -3.29. The lowest BCUT2D eigenvalue weighted by Crippen LogP contribution is -2.72. The van der Waals surface area contributed by atoms with Crippen molar-refractivity contribution in [1.82, 2.24) is 0 Å². The van der Waals surface area contributed by atoms with Gasteiger partial charge in [0.25, 0.3) is 0 Å². The van der Waals surface area contributed by atoms with Crippen LogP contribution in [0.25, 0.3) is 0 Å². The van der Waals surface area contributed by atoms with Gasteiger partial charge in [-0.25, -0.2) is 14.4 Å². The fraction of sp³-hybridized carbons (Fsp3) is 0.828. The highest BCUT2D eigenvalue weighted by atomic mass is 16.4. The van der Waals surface area contributed by atoms with Gasteiger partial charge in [0, 0.05) is 19.3 Å². The largest absolute Gasteiger partial charge is 0.477 e. The van der Waals surface area contributed by atoms with Crippen molar-refractivity contribution in [3.8, 4) is 0 Å². The summed E-state index contributed by atoms with van der Waals surface area (Å²) in [5.41, 5.74) is 0. The van der Waals surface area contributed by atoms with Crippen LogP contribution in [-0.4, -0.2) is 62.4 Å². The summed E-state index contributed by atoms with van der Waals surface area (Å²) in [6.45, 7) is 8.06. The maximum atomic E-state index is 12.5. The SMILES string of the molecule is CCCCCCCC/C=C/CCCC[N+](C(CCC)C(=O)O)(C(CCC)C(=O)O)C(CCC)C(=O)O. The molecule has 0 spiro atoms. The Balaban J connectivity index is 5.67. The van der Waals surface area contributed by atoms with E-state index in [4.69, 9.17) is 0 Å². The van der Waals surface area contributed by atoms with Crippen LogP contribution in [0.5, 0.6) is 0 Å². The van der Waals surface area contributed by atoms with E-state index >= 15 is 0 Å². The molecule has 0 aromatic carbocycles. The Hall–Kier alpha value is -1.89. The second-order valence-corrected chi connectivity index (χ2v) is 10.2. The number of carboxylic acid groups (broad SMARTS) is 3. The van der Waals surface area contributed by atoms with Crippen molar-refractivity contribution in [2.45, 2.75) is 149 Å². The summed E-state index contributed by atoms with van der Waals surface area (Å²) in [6.07, 6.45) is 17.6. The molecule has 0 rings (SSSR count). The second kappa shape index (κ2) is 20.2. The fourth-order valence-corrected chi connectivity index (χ4v) is 5.57. The zero-order valence-electron chi connectivity index (χ0n) is 23.4. The predicted octanol–water partition coefficient (Wildman–Crippen LogP) is 7.04. The highest BCUT2D eigenvalue weighted by Crippen LogP contribution is 2.34. The van der Waals surface area contributed by atoms with Crippen molar-refractivity contribution in [2.24, 2.45) is 0 Å². The quantitative estimate of drug-likeness (QED) is 0.0726. The smallest absolute Gasteiger partial charge is 0.362 e. The Kier molecular flexibility index (Phi) is 19.1. The van der Waals surface area contributed by atoms with E-state index < -0.39 is 40.5 Å². The molecule has 36 heavy (non-hydrogen) atoms. The molecule has 0 amide bonds. The Morgan fingerprint density at radius 2 is 0.917 bits per heavy atom. The van der Waals surface area contributed by atoms with Crippen LogP contribution in [0.4, 0.5) is 0 Å². The maximum absolute atomic E-state index is 12.5. The minimum atomic E-state index is -1.10. The summed E-state index contributed by atoms with van der Waals surface area (Å²) in [4.78, 5) is 37.5. The van der Waals surface area contributed by atoms with E-state index in [2.05, 4.69) is 19.1 Å². The van der Waals surface area contributed by atoms with Crippen molar-refractivity contribution in [3.05, 3.63) is 12.2 Å². The second-order valence-electron chi connectivity index (χ2n) is 10.2. The Labute approximate surface area is 219 Å². The van der Waals surface area contributed by atoms with Gasteiger partial charge in [-0.3, -0.25) is 4.48 Å². The Bertz CT molecular complexity index is 588. The molecule has 210 valence electrons. The van der Waals surface area contributed by atoms with Gasteiger partial charge in [0.2, 0.25) is 0 Å².